The van der Waals surface area contributed by atoms with Crippen LogP contribution in [0.5, 0.6) is 0 Å². The first-order valence-electron chi connectivity index (χ1n) is 7.69. The molecule has 2 unspecified atom stereocenters. The van der Waals surface area contributed by atoms with E-state index in [1.165, 1.54) is 5.56 Å². The fourth-order valence-electron chi connectivity index (χ4n) is 2.75. The number of alkyl halides is 6. The van der Waals surface area contributed by atoms with E-state index in [1.54, 1.807) is 0 Å². The fourth-order valence-corrected chi connectivity index (χ4v) is 3.26. The van der Waals surface area contributed by atoms with E-state index in [2.05, 4.69) is 27.1 Å². The number of hydrogen-bond acceptors (Lipinski definition) is 4. The van der Waals surface area contributed by atoms with E-state index in [1.807, 2.05) is 18.2 Å². The minimum absolute atomic E-state index is 0.107. The zero-order valence-electron chi connectivity index (χ0n) is 13.2. The van der Waals surface area contributed by atoms with Gasteiger partial charge in [0.25, 0.3) is 0 Å². The second kappa shape index (κ2) is 8.12. The number of hydrogen-bond donors (Lipinski definition) is 0. The molecule has 2 aromatic rings. The molecule has 3 rings (SSSR count). The maximum Gasteiger partial charge on any atom is 0.250 e. The zero-order valence-corrected chi connectivity index (χ0v) is 17.7. The Hall–Kier alpha value is -0.0700. The third-order valence-electron chi connectivity index (χ3n) is 3.90. The largest absolute Gasteiger partial charge is 0.370 e. The lowest BCUT2D eigenvalue weighted by atomic mass is 9.96. The first kappa shape index (κ1) is 20.7. The fraction of sp³-hybridized carbons (Fsp3) is 0.438. The second-order valence-corrected chi connectivity index (χ2v) is 10.5. The average Bonchev–Trinajstić information content (AvgIpc) is 3.02. The van der Waals surface area contributed by atoms with Crippen molar-refractivity contribution in [3.63, 3.8) is 0 Å². The Balaban J connectivity index is 1.82. The maximum absolute atomic E-state index is 5.90. The summed E-state index contributed by atoms with van der Waals surface area (Å²) in [5.41, 5.74) is 1.24. The predicted octanol–water partition coefficient (Wildman–Crippen LogP) is 5.85. The molecule has 0 amide bonds. The standard InChI is InChI=1S/C16H13Cl6N3O/c17-15(18,19)13-23-12(24-14(25-13)16(20,21)22)11-7-10(8-26-11)6-9-4-2-1-3-5-9/h1-5,10-11H,6-8H2. The van der Waals surface area contributed by atoms with Gasteiger partial charge >= 0.3 is 0 Å². The Morgan fingerprint density at radius 3 is 2.00 bits per heavy atom. The summed E-state index contributed by atoms with van der Waals surface area (Å²) in [6.07, 6.45) is 1.21. The van der Waals surface area contributed by atoms with Crippen LogP contribution in [0.3, 0.4) is 0 Å². The molecule has 4 nitrogen and oxygen atoms in total. The van der Waals surface area contributed by atoms with Crippen LogP contribution in [0.2, 0.25) is 0 Å². The van der Waals surface area contributed by atoms with Crippen molar-refractivity contribution < 1.29 is 4.74 Å². The van der Waals surface area contributed by atoms with E-state index in [0.717, 1.165) is 6.42 Å². The minimum atomic E-state index is -1.87. The van der Waals surface area contributed by atoms with Crippen LogP contribution >= 0.6 is 69.6 Å². The summed E-state index contributed by atoms with van der Waals surface area (Å²) in [7, 11) is 0. The lowest BCUT2D eigenvalue weighted by Crippen LogP contribution is -2.19. The molecular weight excluding hydrogens is 463 g/mol. The van der Waals surface area contributed by atoms with Gasteiger partial charge in [-0.05, 0) is 24.3 Å². The van der Waals surface area contributed by atoms with Gasteiger partial charge < -0.3 is 4.74 Å². The zero-order chi connectivity index (χ0) is 18.9. The molecular formula is C16H13Cl6N3O. The Labute approximate surface area is 181 Å². The van der Waals surface area contributed by atoms with Crippen molar-refractivity contribution in [3.05, 3.63) is 53.4 Å². The van der Waals surface area contributed by atoms with Crippen molar-refractivity contribution in [1.29, 1.82) is 0 Å². The summed E-state index contributed by atoms with van der Waals surface area (Å²) in [6.45, 7) is 0.567. The summed E-state index contributed by atoms with van der Waals surface area (Å²) in [4.78, 5) is 12.4. The van der Waals surface area contributed by atoms with Gasteiger partial charge in [0.05, 0.1) is 6.61 Å². The quantitative estimate of drug-likeness (QED) is 0.523. The number of nitrogens with zero attached hydrogens (tertiary/aromatic N) is 3. The van der Waals surface area contributed by atoms with Crippen LogP contribution in [0.15, 0.2) is 30.3 Å². The summed E-state index contributed by atoms with van der Waals surface area (Å²) in [6, 6.07) is 10.2. The highest BCUT2D eigenvalue weighted by atomic mass is 35.6. The molecule has 1 aliphatic heterocycles. The Kier molecular flexibility index (Phi) is 6.45. The van der Waals surface area contributed by atoms with Crippen molar-refractivity contribution in [2.75, 3.05) is 6.61 Å². The monoisotopic (exact) mass is 473 g/mol. The van der Waals surface area contributed by atoms with Crippen LogP contribution in [0, 0.1) is 5.92 Å². The van der Waals surface area contributed by atoms with Gasteiger partial charge in [0.15, 0.2) is 17.5 Å². The van der Waals surface area contributed by atoms with E-state index in [-0.39, 0.29) is 17.8 Å². The van der Waals surface area contributed by atoms with Gasteiger partial charge in [0.2, 0.25) is 7.59 Å². The number of rotatable bonds is 3. The van der Waals surface area contributed by atoms with Crippen LogP contribution < -0.4 is 0 Å². The Morgan fingerprint density at radius 1 is 0.885 bits per heavy atom. The van der Waals surface area contributed by atoms with E-state index < -0.39 is 7.59 Å². The van der Waals surface area contributed by atoms with Gasteiger partial charge in [-0.3, -0.25) is 0 Å². The maximum atomic E-state index is 5.90. The topological polar surface area (TPSA) is 47.9 Å². The molecule has 0 radical (unpaired) electrons. The van der Waals surface area contributed by atoms with Gasteiger partial charge in [-0.15, -0.1) is 0 Å². The molecule has 0 aliphatic carbocycles. The Bertz CT molecular complexity index is 731. The molecule has 0 saturated carbocycles. The van der Waals surface area contributed by atoms with Crippen molar-refractivity contribution in [3.8, 4) is 0 Å². The molecule has 1 fully saturated rings. The smallest absolute Gasteiger partial charge is 0.250 e. The lowest BCUT2D eigenvalue weighted by Gasteiger charge is -2.17. The molecule has 10 heteroatoms. The van der Waals surface area contributed by atoms with Gasteiger partial charge in [0, 0.05) is 0 Å². The summed E-state index contributed by atoms with van der Waals surface area (Å²) in [5.74, 6) is 0.387. The summed E-state index contributed by atoms with van der Waals surface area (Å²) < 4.78 is 2.11. The van der Waals surface area contributed by atoms with Crippen LogP contribution in [0.4, 0.5) is 0 Å². The van der Waals surface area contributed by atoms with Crippen LogP contribution in [-0.4, -0.2) is 21.6 Å². The first-order chi connectivity index (χ1) is 12.1. The molecule has 0 spiro atoms. The highest BCUT2D eigenvalue weighted by molar-refractivity contribution is 6.67. The van der Waals surface area contributed by atoms with Crippen LogP contribution in [-0.2, 0) is 18.7 Å². The summed E-state index contributed by atoms with van der Waals surface area (Å²) in [5, 5.41) is 0. The first-order valence-corrected chi connectivity index (χ1v) is 9.95. The highest BCUT2D eigenvalue weighted by Crippen LogP contribution is 2.41. The molecule has 1 aromatic carbocycles. The number of ether oxygens (including phenoxy) is 1. The normalized spacial score (nSPS) is 21.2. The third-order valence-corrected chi connectivity index (χ3v) is 4.91. The molecule has 140 valence electrons. The Morgan fingerprint density at radius 2 is 1.46 bits per heavy atom. The van der Waals surface area contributed by atoms with Gasteiger partial charge in [0.1, 0.15) is 6.10 Å². The van der Waals surface area contributed by atoms with Gasteiger partial charge in [-0.1, -0.05) is 99.9 Å². The highest BCUT2D eigenvalue weighted by Gasteiger charge is 2.37. The van der Waals surface area contributed by atoms with Gasteiger partial charge in [-0.2, -0.15) is 0 Å². The van der Waals surface area contributed by atoms with Crippen LogP contribution in [0.25, 0.3) is 0 Å². The molecule has 0 N–H and O–H groups in total. The lowest BCUT2D eigenvalue weighted by molar-refractivity contribution is 0.0999. The molecule has 2 atom stereocenters. The number of aromatic nitrogens is 3. The minimum Gasteiger partial charge on any atom is -0.370 e. The molecule has 1 aliphatic rings. The molecule has 2 heterocycles. The number of benzene rings is 1. The van der Waals surface area contributed by atoms with E-state index in [9.17, 15) is 0 Å². The number of halogens is 6. The third kappa shape index (κ3) is 5.26. The molecule has 0 bridgehead atoms. The van der Waals surface area contributed by atoms with Crippen molar-refractivity contribution in [1.82, 2.24) is 15.0 Å². The van der Waals surface area contributed by atoms with E-state index in [0.29, 0.717) is 24.8 Å². The van der Waals surface area contributed by atoms with Crippen molar-refractivity contribution >= 4 is 69.6 Å². The SMILES string of the molecule is ClC(Cl)(Cl)c1nc(C2CC(Cc3ccccc3)CO2)nc(C(Cl)(Cl)Cl)n1. The van der Waals surface area contributed by atoms with E-state index >= 15 is 0 Å². The predicted molar refractivity (Wildman–Crippen MR) is 105 cm³/mol. The van der Waals surface area contributed by atoms with Crippen molar-refractivity contribution in [2.45, 2.75) is 26.5 Å². The average molecular weight is 476 g/mol. The second-order valence-electron chi connectivity index (χ2n) is 5.95. The molecule has 1 aromatic heterocycles. The molecule has 1 saturated heterocycles. The summed E-state index contributed by atoms with van der Waals surface area (Å²) >= 11 is 35.4. The van der Waals surface area contributed by atoms with Crippen LogP contribution in [0.1, 0.15) is 35.6 Å². The van der Waals surface area contributed by atoms with Gasteiger partial charge in [-0.25, -0.2) is 15.0 Å². The van der Waals surface area contributed by atoms with E-state index in [4.69, 9.17) is 74.3 Å². The van der Waals surface area contributed by atoms with Crippen molar-refractivity contribution in [2.24, 2.45) is 5.92 Å². The molecule has 26 heavy (non-hydrogen) atoms.